The van der Waals surface area contributed by atoms with Gasteiger partial charge in [-0.3, -0.25) is 19.9 Å². The van der Waals surface area contributed by atoms with Crippen LogP contribution in [-0.2, 0) is 9.59 Å². The Balaban J connectivity index is 1.59. The molecule has 1 aromatic carbocycles. The Bertz CT molecular complexity index is 607. The number of carbonyl (C=O) groups is 2. The van der Waals surface area contributed by atoms with E-state index < -0.39 is 0 Å². The van der Waals surface area contributed by atoms with Crippen LogP contribution in [-0.4, -0.2) is 49.5 Å². The van der Waals surface area contributed by atoms with Crippen molar-refractivity contribution in [2.75, 3.05) is 32.1 Å². The third-order valence-corrected chi connectivity index (χ3v) is 4.66. The molecule has 7 heteroatoms. The number of nitrogens with zero attached hydrogens (tertiary/aromatic N) is 1. The van der Waals surface area contributed by atoms with Crippen LogP contribution >= 0.6 is 0 Å². The van der Waals surface area contributed by atoms with Crippen LogP contribution in [0.15, 0.2) is 24.3 Å². The number of ether oxygens (including phenoxy) is 1. The molecular formula is C17H24N4O3. The van der Waals surface area contributed by atoms with E-state index in [1.165, 1.54) is 0 Å². The number of benzene rings is 1. The summed E-state index contributed by atoms with van der Waals surface area (Å²) in [6.07, 6.45) is 2.32. The van der Waals surface area contributed by atoms with Crippen LogP contribution in [0.1, 0.15) is 19.3 Å². The molecule has 7 nitrogen and oxygen atoms in total. The van der Waals surface area contributed by atoms with E-state index in [2.05, 4.69) is 21.1 Å². The molecule has 3 N–H and O–H groups in total. The normalized spacial score (nSPS) is 25.0. The summed E-state index contributed by atoms with van der Waals surface area (Å²) in [5, 5.41) is 2.98. The van der Waals surface area contributed by atoms with E-state index in [4.69, 9.17) is 4.74 Å². The SMILES string of the molecule is COc1cccc(NC(=O)C2CCCN(C3CNNC(=O)C3)C2)c1. The largest absolute Gasteiger partial charge is 0.497 e. The Kier molecular flexibility index (Phi) is 5.32. The molecule has 130 valence electrons. The molecule has 0 aliphatic carbocycles. The van der Waals surface area contributed by atoms with Gasteiger partial charge in [-0.15, -0.1) is 0 Å². The minimum atomic E-state index is -0.0602. The van der Waals surface area contributed by atoms with Gasteiger partial charge in [-0.1, -0.05) is 6.07 Å². The minimum Gasteiger partial charge on any atom is -0.497 e. The summed E-state index contributed by atoms with van der Waals surface area (Å²) in [6.45, 7) is 2.34. The first kappa shape index (κ1) is 16.7. The quantitative estimate of drug-likeness (QED) is 0.757. The van der Waals surface area contributed by atoms with E-state index in [-0.39, 0.29) is 23.8 Å². The van der Waals surface area contributed by atoms with E-state index in [0.29, 0.717) is 13.0 Å². The van der Waals surface area contributed by atoms with Gasteiger partial charge in [-0.05, 0) is 31.5 Å². The Hall–Kier alpha value is -2.12. The minimum absolute atomic E-state index is 0.00852. The Morgan fingerprint density at radius 1 is 1.42 bits per heavy atom. The number of hydrogen-bond acceptors (Lipinski definition) is 5. The van der Waals surface area contributed by atoms with Crippen molar-refractivity contribution < 1.29 is 14.3 Å². The van der Waals surface area contributed by atoms with Crippen molar-refractivity contribution in [3.05, 3.63) is 24.3 Å². The van der Waals surface area contributed by atoms with Crippen LogP contribution in [0.3, 0.4) is 0 Å². The predicted octanol–water partition coefficient (Wildman–Crippen LogP) is 0.739. The number of rotatable bonds is 4. The lowest BCUT2D eigenvalue weighted by atomic mass is 9.94. The molecule has 2 amide bonds. The topological polar surface area (TPSA) is 82.7 Å². The number of nitrogens with one attached hydrogen (secondary N) is 3. The molecular weight excluding hydrogens is 308 g/mol. The maximum atomic E-state index is 12.6. The first-order valence-corrected chi connectivity index (χ1v) is 8.36. The van der Waals surface area contributed by atoms with Gasteiger partial charge in [0, 0.05) is 37.3 Å². The molecule has 0 spiro atoms. The first-order chi connectivity index (χ1) is 11.7. The highest BCUT2D eigenvalue weighted by Crippen LogP contribution is 2.23. The number of likely N-dealkylation sites (tertiary alicyclic amines) is 1. The van der Waals surface area contributed by atoms with Crippen LogP contribution in [0.25, 0.3) is 0 Å². The highest BCUT2D eigenvalue weighted by atomic mass is 16.5. The van der Waals surface area contributed by atoms with Gasteiger partial charge in [0.15, 0.2) is 0 Å². The maximum Gasteiger partial charge on any atom is 0.235 e. The third kappa shape index (κ3) is 4.04. The maximum absolute atomic E-state index is 12.6. The molecule has 2 aliphatic heterocycles. The van der Waals surface area contributed by atoms with Gasteiger partial charge in [0.25, 0.3) is 0 Å². The van der Waals surface area contributed by atoms with E-state index in [0.717, 1.165) is 37.4 Å². The van der Waals surface area contributed by atoms with Gasteiger partial charge in [0.05, 0.1) is 13.0 Å². The van der Waals surface area contributed by atoms with Crippen molar-refractivity contribution in [2.24, 2.45) is 5.92 Å². The second-order valence-corrected chi connectivity index (χ2v) is 6.34. The lowest BCUT2D eigenvalue weighted by Gasteiger charge is -2.39. The standard InChI is InChI=1S/C17H24N4O3/c1-24-15-6-2-5-13(8-15)19-17(23)12-4-3-7-21(11-12)14-9-16(22)20-18-10-14/h2,5-6,8,12,14,18H,3-4,7,9-11H2,1H3,(H,19,23)(H,20,22). The molecule has 2 fully saturated rings. The number of anilines is 1. The van der Waals surface area contributed by atoms with Crippen LogP contribution in [0, 0.1) is 5.92 Å². The number of hydrazine groups is 1. The lowest BCUT2D eigenvalue weighted by Crippen LogP contribution is -2.57. The zero-order valence-electron chi connectivity index (χ0n) is 13.9. The molecule has 2 atom stereocenters. The second-order valence-electron chi connectivity index (χ2n) is 6.34. The molecule has 2 heterocycles. The smallest absolute Gasteiger partial charge is 0.235 e. The average Bonchev–Trinajstić information content (AvgIpc) is 2.62. The van der Waals surface area contributed by atoms with Gasteiger partial charge in [0.2, 0.25) is 11.8 Å². The van der Waals surface area contributed by atoms with Crippen molar-refractivity contribution in [1.82, 2.24) is 15.8 Å². The average molecular weight is 332 g/mol. The molecule has 0 aromatic heterocycles. The Morgan fingerprint density at radius 3 is 3.08 bits per heavy atom. The molecule has 1 aromatic rings. The third-order valence-electron chi connectivity index (χ3n) is 4.66. The van der Waals surface area contributed by atoms with Crippen LogP contribution in [0.4, 0.5) is 5.69 Å². The van der Waals surface area contributed by atoms with Gasteiger partial charge in [-0.2, -0.15) is 0 Å². The molecule has 0 saturated carbocycles. The number of amides is 2. The summed E-state index contributed by atoms with van der Waals surface area (Å²) in [4.78, 5) is 26.4. The van der Waals surface area contributed by atoms with Crippen LogP contribution in [0.5, 0.6) is 5.75 Å². The fraction of sp³-hybridized carbons (Fsp3) is 0.529. The summed E-state index contributed by atoms with van der Waals surface area (Å²) < 4.78 is 5.18. The molecule has 3 rings (SSSR count). The fourth-order valence-electron chi connectivity index (χ4n) is 3.36. The van der Waals surface area contributed by atoms with Crippen LogP contribution < -0.4 is 20.9 Å². The number of hydrogen-bond donors (Lipinski definition) is 3. The van der Waals surface area contributed by atoms with E-state index in [9.17, 15) is 9.59 Å². The van der Waals surface area contributed by atoms with Gasteiger partial charge < -0.3 is 10.1 Å². The number of piperidine rings is 1. The van der Waals surface area contributed by atoms with E-state index in [1.807, 2.05) is 24.3 Å². The number of carbonyl (C=O) groups excluding carboxylic acids is 2. The van der Waals surface area contributed by atoms with Crippen molar-refractivity contribution in [1.29, 1.82) is 0 Å². The molecule has 2 unspecified atom stereocenters. The van der Waals surface area contributed by atoms with Crippen molar-refractivity contribution >= 4 is 17.5 Å². The summed E-state index contributed by atoms with van der Waals surface area (Å²) in [6, 6.07) is 7.53. The van der Waals surface area contributed by atoms with Crippen molar-refractivity contribution in [3.8, 4) is 5.75 Å². The lowest BCUT2D eigenvalue weighted by molar-refractivity contribution is -0.126. The summed E-state index contributed by atoms with van der Waals surface area (Å²) in [5.74, 6) is 0.697. The highest BCUT2D eigenvalue weighted by molar-refractivity contribution is 5.93. The highest BCUT2D eigenvalue weighted by Gasteiger charge is 2.32. The number of methoxy groups -OCH3 is 1. The van der Waals surface area contributed by atoms with Gasteiger partial charge in [-0.25, -0.2) is 5.43 Å². The summed E-state index contributed by atoms with van der Waals surface area (Å²) in [5.41, 5.74) is 6.29. The van der Waals surface area contributed by atoms with Crippen LogP contribution in [0.2, 0.25) is 0 Å². The van der Waals surface area contributed by atoms with Crippen molar-refractivity contribution in [3.63, 3.8) is 0 Å². The second kappa shape index (κ2) is 7.63. The molecule has 0 radical (unpaired) electrons. The Labute approximate surface area is 141 Å². The monoisotopic (exact) mass is 332 g/mol. The fourth-order valence-corrected chi connectivity index (χ4v) is 3.36. The summed E-state index contributed by atoms with van der Waals surface area (Å²) >= 11 is 0. The predicted molar refractivity (Wildman–Crippen MR) is 90.5 cm³/mol. The van der Waals surface area contributed by atoms with Gasteiger partial charge >= 0.3 is 0 Å². The zero-order valence-corrected chi connectivity index (χ0v) is 13.9. The molecule has 24 heavy (non-hydrogen) atoms. The molecule has 0 bridgehead atoms. The van der Waals surface area contributed by atoms with Gasteiger partial charge in [0.1, 0.15) is 5.75 Å². The Morgan fingerprint density at radius 2 is 2.29 bits per heavy atom. The summed E-state index contributed by atoms with van der Waals surface area (Å²) in [7, 11) is 1.61. The van der Waals surface area contributed by atoms with E-state index >= 15 is 0 Å². The molecule has 2 aliphatic rings. The van der Waals surface area contributed by atoms with Crippen molar-refractivity contribution in [2.45, 2.75) is 25.3 Å². The molecule has 2 saturated heterocycles. The van der Waals surface area contributed by atoms with E-state index in [1.54, 1.807) is 7.11 Å². The zero-order chi connectivity index (χ0) is 16.9. The first-order valence-electron chi connectivity index (χ1n) is 8.36.